The molecule has 0 saturated heterocycles. The molecule has 0 N–H and O–H groups in total. The highest BCUT2D eigenvalue weighted by molar-refractivity contribution is 5.39. The molecular formula is C8H10N2O. The summed E-state index contributed by atoms with van der Waals surface area (Å²) in [6, 6.07) is 0. The summed E-state index contributed by atoms with van der Waals surface area (Å²) in [5, 5.41) is 0. The second-order valence-electron chi connectivity index (χ2n) is 1.92. The number of hydrogen-bond acceptors (Lipinski definition) is 3. The van der Waals surface area contributed by atoms with Crippen molar-refractivity contribution in [1.29, 1.82) is 0 Å². The molecule has 0 unspecified atom stereocenters. The lowest BCUT2D eigenvalue weighted by Gasteiger charge is -1.99. The van der Waals surface area contributed by atoms with Crippen LogP contribution in [0.2, 0.25) is 0 Å². The Morgan fingerprint density at radius 2 is 2.36 bits per heavy atom. The number of nitrogens with zero attached hydrogens (tertiary/aromatic N) is 2. The molecule has 11 heavy (non-hydrogen) atoms. The third-order valence-corrected chi connectivity index (χ3v) is 1.15. The first-order chi connectivity index (χ1) is 5.36. The van der Waals surface area contributed by atoms with E-state index in [1.54, 1.807) is 18.5 Å². The summed E-state index contributed by atoms with van der Waals surface area (Å²) in [5.41, 5.74) is 0.758. The predicted molar refractivity (Wildman–Crippen MR) is 43.3 cm³/mol. The van der Waals surface area contributed by atoms with Gasteiger partial charge < -0.3 is 4.74 Å². The Balaban J connectivity index is 2.74. The smallest absolute Gasteiger partial charge is 0.232 e. The Morgan fingerprint density at radius 3 is 2.82 bits per heavy atom. The van der Waals surface area contributed by atoms with Gasteiger partial charge in [-0.1, -0.05) is 6.58 Å². The molecule has 0 atom stereocenters. The summed E-state index contributed by atoms with van der Waals surface area (Å²) in [6.07, 6.45) is 4.85. The maximum Gasteiger partial charge on any atom is 0.232 e. The Labute approximate surface area is 65.8 Å². The molecule has 1 aromatic rings. The van der Waals surface area contributed by atoms with Crippen LogP contribution in [0.5, 0.6) is 5.88 Å². The molecule has 0 spiro atoms. The zero-order valence-corrected chi connectivity index (χ0v) is 6.45. The van der Waals surface area contributed by atoms with Gasteiger partial charge in [0.1, 0.15) is 0 Å². The molecule has 3 nitrogen and oxygen atoms in total. The molecule has 0 bridgehead atoms. The summed E-state index contributed by atoms with van der Waals surface area (Å²) in [6.45, 7) is 6.08. The normalized spacial score (nSPS) is 9.18. The Hall–Kier alpha value is -1.38. The van der Waals surface area contributed by atoms with E-state index >= 15 is 0 Å². The van der Waals surface area contributed by atoms with E-state index < -0.39 is 0 Å². The SMILES string of the molecule is C=Cc1cnc(OCC)cn1. The van der Waals surface area contributed by atoms with Crippen LogP contribution in [0.4, 0.5) is 0 Å². The van der Waals surface area contributed by atoms with Gasteiger partial charge in [-0.25, -0.2) is 9.97 Å². The highest BCUT2D eigenvalue weighted by Crippen LogP contribution is 2.03. The first-order valence-corrected chi connectivity index (χ1v) is 3.44. The standard InChI is InChI=1S/C8H10N2O/c1-3-7-5-10-8(6-9-7)11-4-2/h3,5-6H,1,4H2,2H3. The largest absolute Gasteiger partial charge is 0.477 e. The molecule has 0 amide bonds. The fourth-order valence-electron chi connectivity index (χ4n) is 0.654. The van der Waals surface area contributed by atoms with Crippen molar-refractivity contribution in [3.8, 4) is 5.88 Å². The molecule has 1 rings (SSSR count). The van der Waals surface area contributed by atoms with Crippen LogP contribution in [0.3, 0.4) is 0 Å². The van der Waals surface area contributed by atoms with Gasteiger partial charge in [0, 0.05) is 0 Å². The first-order valence-electron chi connectivity index (χ1n) is 3.44. The molecule has 58 valence electrons. The topological polar surface area (TPSA) is 35.0 Å². The van der Waals surface area contributed by atoms with Crippen LogP contribution >= 0.6 is 0 Å². The molecule has 0 saturated carbocycles. The van der Waals surface area contributed by atoms with Crippen molar-refractivity contribution >= 4 is 6.08 Å². The second kappa shape index (κ2) is 3.71. The van der Waals surface area contributed by atoms with Crippen molar-refractivity contribution in [2.45, 2.75) is 6.92 Å². The van der Waals surface area contributed by atoms with E-state index in [2.05, 4.69) is 16.5 Å². The molecule has 0 aliphatic carbocycles. The van der Waals surface area contributed by atoms with Gasteiger partial charge in [-0.15, -0.1) is 0 Å². The van der Waals surface area contributed by atoms with Crippen molar-refractivity contribution in [1.82, 2.24) is 9.97 Å². The lowest BCUT2D eigenvalue weighted by molar-refractivity contribution is 0.325. The third kappa shape index (κ3) is 2.04. The number of rotatable bonds is 3. The Kier molecular flexibility index (Phi) is 2.60. The molecule has 3 heteroatoms. The van der Waals surface area contributed by atoms with E-state index in [1.807, 2.05) is 6.92 Å². The van der Waals surface area contributed by atoms with Crippen molar-refractivity contribution < 1.29 is 4.74 Å². The summed E-state index contributed by atoms with van der Waals surface area (Å²) >= 11 is 0. The summed E-state index contributed by atoms with van der Waals surface area (Å²) in [5.74, 6) is 0.554. The van der Waals surface area contributed by atoms with Gasteiger partial charge >= 0.3 is 0 Å². The Bertz CT molecular complexity index is 230. The molecule has 1 heterocycles. The van der Waals surface area contributed by atoms with Crippen molar-refractivity contribution in [3.05, 3.63) is 24.7 Å². The average molecular weight is 150 g/mol. The molecule has 1 aromatic heterocycles. The van der Waals surface area contributed by atoms with Gasteiger partial charge in [-0.05, 0) is 13.0 Å². The molecule has 0 fully saturated rings. The molecule has 0 radical (unpaired) electrons. The fraction of sp³-hybridized carbons (Fsp3) is 0.250. The third-order valence-electron chi connectivity index (χ3n) is 1.15. The van der Waals surface area contributed by atoms with Crippen LogP contribution in [0.15, 0.2) is 19.0 Å². The van der Waals surface area contributed by atoms with Crippen LogP contribution in [-0.4, -0.2) is 16.6 Å². The molecule has 0 aliphatic heterocycles. The summed E-state index contributed by atoms with van der Waals surface area (Å²) in [7, 11) is 0. The van der Waals surface area contributed by atoms with Crippen LogP contribution in [0.25, 0.3) is 6.08 Å². The van der Waals surface area contributed by atoms with Gasteiger partial charge in [0.2, 0.25) is 5.88 Å². The van der Waals surface area contributed by atoms with Gasteiger partial charge in [-0.3, -0.25) is 0 Å². The number of aromatic nitrogens is 2. The van der Waals surface area contributed by atoms with E-state index in [0.29, 0.717) is 12.5 Å². The summed E-state index contributed by atoms with van der Waals surface area (Å²) in [4.78, 5) is 7.99. The Morgan fingerprint density at radius 1 is 1.55 bits per heavy atom. The summed E-state index contributed by atoms with van der Waals surface area (Å²) < 4.78 is 5.10. The van der Waals surface area contributed by atoms with Crippen LogP contribution in [0.1, 0.15) is 12.6 Å². The highest BCUT2D eigenvalue weighted by atomic mass is 16.5. The van der Waals surface area contributed by atoms with Crippen LogP contribution < -0.4 is 4.74 Å². The molecule has 0 aliphatic rings. The van der Waals surface area contributed by atoms with Crippen molar-refractivity contribution in [2.24, 2.45) is 0 Å². The first kappa shape index (κ1) is 7.72. The van der Waals surface area contributed by atoms with Crippen molar-refractivity contribution in [2.75, 3.05) is 6.61 Å². The van der Waals surface area contributed by atoms with E-state index in [9.17, 15) is 0 Å². The van der Waals surface area contributed by atoms with Gasteiger partial charge in [0.25, 0.3) is 0 Å². The predicted octanol–water partition coefficient (Wildman–Crippen LogP) is 1.52. The van der Waals surface area contributed by atoms with E-state index in [0.717, 1.165) is 5.69 Å². The van der Waals surface area contributed by atoms with E-state index in [-0.39, 0.29) is 0 Å². The quantitative estimate of drug-likeness (QED) is 0.655. The van der Waals surface area contributed by atoms with Gasteiger partial charge in [0.05, 0.1) is 24.7 Å². The monoisotopic (exact) mass is 150 g/mol. The second-order valence-corrected chi connectivity index (χ2v) is 1.92. The zero-order chi connectivity index (χ0) is 8.10. The fourth-order valence-corrected chi connectivity index (χ4v) is 0.654. The van der Waals surface area contributed by atoms with Crippen LogP contribution in [0, 0.1) is 0 Å². The number of hydrogen-bond donors (Lipinski definition) is 0. The lowest BCUT2D eigenvalue weighted by Crippen LogP contribution is -1.95. The van der Waals surface area contributed by atoms with E-state index in [4.69, 9.17) is 4.74 Å². The minimum absolute atomic E-state index is 0.554. The van der Waals surface area contributed by atoms with Gasteiger partial charge in [-0.2, -0.15) is 0 Å². The molecular weight excluding hydrogens is 140 g/mol. The lowest BCUT2D eigenvalue weighted by atomic mass is 10.4. The van der Waals surface area contributed by atoms with Gasteiger partial charge in [0.15, 0.2) is 0 Å². The average Bonchev–Trinajstić information content (AvgIpc) is 2.07. The maximum absolute atomic E-state index is 5.10. The van der Waals surface area contributed by atoms with E-state index in [1.165, 1.54) is 0 Å². The minimum Gasteiger partial charge on any atom is -0.477 e. The molecule has 0 aromatic carbocycles. The minimum atomic E-state index is 0.554. The van der Waals surface area contributed by atoms with Crippen molar-refractivity contribution in [3.63, 3.8) is 0 Å². The van der Waals surface area contributed by atoms with Crippen LogP contribution in [-0.2, 0) is 0 Å². The highest BCUT2D eigenvalue weighted by Gasteiger charge is 1.92. The number of ether oxygens (including phenoxy) is 1. The zero-order valence-electron chi connectivity index (χ0n) is 6.45. The maximum atomic E-state index is 5.10.